The highest BCUT2D eigenvalue weighted by Crippen LogP contribution is 2.30. The van der Waals surface area contributed by atoms with Crippen LogP contribution < -0.4 is 4.74 Å². The Kier molecular flexibility index (Phi) is 5.76. The molecule has 1 aliphatic heterocycles. The molecule has 5 heteroatoms. The van der Waals surface area contributed by atoms with Gasteiger partial charge in [0, 0.05) is 27.7 Å². The van der Waals surface area contributed by atoms with Crippen LogP contribution in [0.2, 0.25) is 0 Å². The van der Waals surface area contributed by atoms with Gasteiger partial charge in [0.25, 0.3) is 0 Å². The zero-order valence-corrected chi connectivity index (χ0v) is 19.5. The molecule has 0 saturated heterocycles. The lowest BCUT2D eigenvalue weighted by Crippen LogP contribution is -2.10. The van der Waals surface area contributed by atoms with Gasteiger partial charge in [-0.1, -0.05) is 48.0 Å². The van der Waals surface area contributed by atoms with Gasteiger partial charge in [0.05, 0.1) is 6.54 Å². The number of benzene rings is 3. The lowest BCUT2D eigenvalue weighted by Gasteiger charge is -2.12. The van der Waals surface area contributed by atoms with Crippen molar-refractivity contribution >= 4 is 28.8 Å². The normalized spacial score (nSPS) is 14.5. The van der Waals surface area contributed by atoms with Gasteiger partial charge in [0.2, 0.25) is 5.90 Å². The van der Waals surface area contributed by atoms with Crippen LogP contribution in [-0.4, -0.2) is 23.0 Å². The maximum absolute atomic E-state index is 12.6. The highest BCUT2D eigenvalue weighted by molar-refractivity contribution is 6.13. The first kappa shape index (κ1) is 21.7. The standard InChI is InChI=1S/C29H26N2O3/c1-19-13-14-26-24(17-19)23(18-25-29(32)34-28(30-25)22-10-5-4-6-11-22)21(3)31(26)15-16-33-27-12-8-7-9-20(27)2/h4-14,17-18H,15-16H2,1-3H3/b25-18+. The number of carbonyl (C=O) groups excluding carboxylic acids is 1. The van der Waals surface area contributed by atoms with Gasteiger partial charge in [-0.15, -0.1) is 0 Å². The predicted molar refractivity (Wildman–Crippen MR) is 135 cm³/mol. The molecule has 0 bridgehead atoms. The third-order valence-electron chi connectivity index (χ3n) is 6.12. The zero-order valence-electron chi connectivity index (χ0n) is 19.5. The van der Waals surface area contributed by atoms with Gasteiger partial charge < -0.3 is 14.0 Å². The van der Waals surface area contributed by atoms with Crippen molar-refractivity contribution < 1.29 is 14.3 Å². The number of cyclic esters (lactones) is 1. The number of nitrogens with zero attached hydrogens (tertiary/aromatic N) is 2. The summed E-state index contributed by atoms with van der Waals surface area (Å²) in [5, 5.41) is 1.08. The van der Waals surface area contributed by atoms with Crippen molar-refractivity contribution in [3.63, 3.8) is 0 Å². The fourth-order valence-corrected chi connectivity index (χ4v) is 4.31. The van der Waals surface area contributed by atoms with Gasteiger partial charge in [-0.2, -0.15) is 0 Å². The van der Waals surface area contributed by atoms with Crippen molar-refractivity contribution in [3.05, 3.63) is 106 Å². The van der Waals surface area contributed by atoms with Gasteiger partial charge in [0.15, 0.2) is 5.70 Å². The molecule has 0 fully saturated rings. The van der Waals surface area contributed by atoms with Crippen LogP contribution in [0.15, 0.2) is 83.5 Å². The van der Waals surface area contributed by atoms with Crippen molar-refractivity contribution in [2.24, 2.45) is 4.99 Å². The van der Waals surface area contributed by atoms with E-state index >= 15 is 0 Å². The first-order valence-electron chi connectivity index (χ1n) is 11.4. The molecule has 0 unspecified atom stereocenters. The van der Waals surface area contributed by atoms with Crippen LogP contribution in [-0.2, 0) is 16.1 Å². The Balaban J connectivity index is 1.50. The number of aryl methyl sites for hydroxylation is 2. The molecule has 0 saturated carbocycles. The number of hydrogen-bond acceptors (Lipinski definition) is 4. The molecule has 3 aromatic carbocycles. The van der Waals surface area contributed by atoms with Crippen LogP contribution in [0.3, 0.4) is 0 Å². The van der Waals surface area contributed by atoms with Crippen molar-refractivity contribution in [1.82, 2.24) is 4.57 Å². The summed E-state index contributed by atoms with van der Waals surface area (Å²) in [5.41, 5.74) is 6.48. The van der Waals surface area contributed by atoms with Crippen molar-refractivity contribution in [2.75, 3.05) is 6.61 Å². The second-order valence-electron chi connectivity index (χ2n) is 8.49. The van der Waals surface area contributed by atoms with Gasteiger partial charge in [-0.25, -0.2) is 9.79 Å². The Morgan fingerprint density at radius 1 is 0.971 bits per heavy atom. The topological polar surface area (TPSA) is 52.8 Å². The molecule has 1 aromatic heterocycles. The summed E-state index contributed by atoms with van der Waals surface area (Å²) in [5.74, 6) is 0.794. The number of para-hydroxylation sites is 1. The van der Waals surface area contributed by atoms with E-state index in [0.29, 0.717) is 24.7 Å². The lowest BCUT2D eigenvalue weighted by molar-refractivity contribution is -0.129. The lowest BCUT2D eigenvalue weighted by atomic mass is 10.1. The molecule has 4 aromatic rings. The summed E-state index contributed by atoms with van der Waals surface area (Å²) in [7, 11) is 0. The molecule has 34 heavy (non-hydrogen) atoms. The second kappa shape index (κ2) is 9.02. The number of rotatable bonds is 6. The molecule has 0 atom stereocenters. The Morgan fingerprint density at radius 2 is 1.74 bits per heavy atom. The quantitative estimate of drug-likeness (QED) is 0.268. The van der Waals surface area contributed by atoms with Crippen molar-refractivity contribution in [2.45, 2.75) is 27.3 Å². The summed E-state index contributed by atoms with van der Waals surface area (Å²) >= 11 is 0. The fourth-order valence-electron chi connectivity index (χ4n) is 4.31. The Labute approximate surface area is 199 Å². The molecule has 5 rings (SSSR count). The minimum absolute atomic E-state index is 0.304. The summed E-state index contributed by atoms with van der Waals surface area (Å²) in [6, 6.07) is 23.9. The Morgan fingerprint density at radius 3 is 2.53 bits per heavy atom. The fraction of sp³-hybridized carbons (Fsp3) is 0.172. The van der Waals surface area contributed by atoms with Gasteiger partial charge in [0.1, 0.15) is 12.4 Å². The van der Waals surface area contributed by atoms with Crippen LogP contribution in [0.25, 0.3) is 17.0 Å². The van der Waals surface area contributed by atoms with E-state index in [1.54, 1.807) is 0 Å². The van der Waals surface area contributed by atoms with Crippen LogP contribution in [0.4, 0.5) is 0 Å². The van der Waals surface area contributed by atoms with E-state index < -0.39 is 5.97 Å². The number of aromatic nitrogens is 1. The zero-order chi connectivity index (χ0) is 23.7. The molecular formula is C29H26N2O3. The van der Waals surface area contributed by atoms with Gasteiger partial charge >= 0.3 is 5.97 Å². The molecule has 2 heterocycles. The molecule has 0 N–H and O–H groups in total. The van der Waals surface area contributed by atoms with Crippen LogP contribution in [0, 0.1) is 20.8 Å². The summed E-state index contributed by atoms with van der Waals surface area (Å²) < 4.78 is 13.8. The highest BCUT2D eigenvalue weighted by Gasteiger charge is 2.25. The number of carbonyl (C=O) groups is 1. The number of ether oxygens (including phenoxy) is 2. The van der Waals surface area contributed by atoms with E-state index in [9.17, 15) is 4.79 Å². The highest BCUT2D eigenvalue weighted by atomic mass is 16.6. The second-order valence-corrected chi connectivity index (χ2v) is 8.49. The summed E-state index contributed by atoms with van der Waals surface area (Å²) in [6.07, 6.45) is 1.84. The summed E-state index contributed by atoms with van der Waals surface area (Å²) in [6.45, 7) is 7.41. The maximum atomic E-state index is 12.6. The molecule has 0 aliphatic carbocycles. The number of hydrogen-bond donors (Lipinski definition) is 0. The third kappa shape index (κ3) is 4.13. The maximum Gasteiger partial charge on any atom is 0.363 e. The average Bonchev–Trinajstić information content (AvgIpc) is 3.33. The predicted octanol–water partition coefficient (Wildman–Crippen LogP) is 5.99. The van der Waals surface area contributed by atoms with Gasteiger partial charge in [-0.05, 0) is 62.7 Å². The van der Waals surface area contributed by atoms with E-state index in [1.807, 2.05) is 67.6 Å². The third-order valence-corrected chi connectivity index (χ3v) is 6.12. The largest absolute Gasteiger partial charge is 0.491 e. The molecule has 170 valence electrons. The Hall–Kier alpha value is -4.12. The molecular weight excluding hydrogens is 424 g/mol. The van der Waals surface area contributed by atoms with E-state index in [1.165, 1.54) is 0 Å². The molecule has 0 spiro atoms. The van der Waals surface area contributed by atoms with Gasteiger partial charge in [-0.3, -0.25) is 0 Å². The van der Waals surface area contributed by atoms with Crippen LogP contribution >= 0.6 is 0 Å². The average molecular weight is 451 g/mol. The molecule has 0 radical (unpaired) electrons. The molecule has 0 amide bonds. The minimum Gasteiger partial charge on any atom is -0.491 e. The van der Waals surface area contributed by atoms with E-state index in [-0.39, 0.29) is 0 Å². The van der Waals surface area contributed by atoms with Crippen molar-refractivity contribution in [3.8, 4) is 5.75 Å². The first-order valence-corrected chi connectivity index (χ1v) is 11.4. The SMILES string of the molecule is Cc1ccc2c(c1)c(/C=C1/N=C(c3ccccc3)OC1=O)c(C)n2CCOc1ccccc1C. The molecule has 1 aliphatic rings. The number of aliphatic imine (C=N–C) groups is 1. The van der Waals surface area contributed by atoms with Crippen molar-refractivity contribution in [1.29, 1.82) is 0 Å². The Bertz CT molecular complexity index is 1450. The summed E-state index contributed by atoms with van der Waals surface area (Å²) in [4.78, 5) is 17.1. The monoisotopic (exact) mass is 450 g/mol. The van der Waals surface area contributed by atoms with E-state index in [0.717, 1.165) is 44.6 Å². The first-order chi connectivity index (χ1) is 16.5. The number of esters is 1. The smallest absolute Gasteiger partial charge is 0.363 e. The minimum atomic E-state index is -0.435. The molecule has 5 nitrogen and oxygen atoms in total. The van der Waals surface area contributed by atoms with E-state index in [2.05, 4.69) is 41.6 Å². The number of fused-ring (bicyclic) bond motifs is 1. The van der Waals surface area contributed by atoms with Crippen LogP contribution in [0.5, 0.6) is 5.75 Å². The van der Waals surface area contributed by atoms with Crippen LogP contribution in [0.1, 0.15) is 27.9 Å². The van der Waals surface area contributed by atoms with E-state index in [4.69, 9.17) is 9.47 Å².